The smallest absolute Gasteiger partial charge is 0.306 e. The van der Waals surface area contributed by atoms with Gasteiger partial charge < -0.3 is 14.4 Å². The Bertz CT molecular complexity index is 624. The third-order valence-corrected chi connectivity index (χ3v) is 9.38. The maximum atomic E-state index is 12.6. The van der Waals surface area contributed by atoms with Crippen LogP contribution in [0, 0.1) is 0 Å². The summed E-state index contributed by atoms with van der Waals surface area (Å²) in [6, 6.07) is 0. The van der Waals surface area contributed by atoms with E-state index in [-0.39, 0.29) is 24.5 Å². The van der Waals surface area contributed by atoms with Crippen molar-refractivity contribution >= 4 is 11.8 Å². The van der Waals surface area contributed by atoms with Crippen LogP contribution < -0.4 is 0 Å². The Hall–Kier alpha value is -0.940. The zero-order valence-corrected chi connectivity index (χ0v) is 31.7. The summed E-state index contributed by atoms with van der Waals surface area (Å²) < 4.78 is 11.6. The lowest BCUT2D eigenvalue weighted by molar-refractivity contribution is -0.150. The Labute approximate surface area is 288 Å². The fourth-order valence-electron chi connectivity index (χ4n) is 6.25. The topological polar surface area (TPSA) is 55.8 Å². The molecule has 46 heavy (non-hydrogen) atoms. The number of hydrogen-bond acceptors (Lipinski definition) is 5. The van der Waals surface area contributed by atoms with Crippen LogP contribution in [0.5, 0.6) is 0 Å². The molecular weight excluding hydrogens is 570 g/mol. The first-order chi connectivity index (χ1) is 22.5. The van der Waals surface area contributed by atoms with Gasteiger partial charge in [0.05, 0.1) is 0 Å². The van der Waals surface area contributed by atoms with E-state index in [1.54, 1.807) is 0 Å². The lowest BCUT2D eigenvalue weighted by atomic mass is 10.0. The van der Waals surface area contributed by atoms with Crippen molar-refractivity contribution in [2.75, 3.05) is 33.4 Å². The van der Waals surface area contributed by atoms with Crippen LogP contribution >= 0.6 is 0 Å². The quantitative estimate of drug-likeness (QED) is 0.0491. The molecular formula is C41H81NO4. The maximum Gasteiger partial charge on any atom is 0.306 e. The van der Waals surface area contributed by atoms with Crippen molar-refractivity contribution in [3.8, 4) is 0 Å². The number of ether oxygens (including phenoxy) is 2. The van der Waals surface area contributed by atoms with Gasteiger partial charge in [-0.05, 0) is 71.5 Å². The summed E-state index contributed by atoms with van der Waals surface area (Å²) in [6.07, 6.45) is 35.7. The van der Waals surface area contributed by atoms with E-state index in [4.69, 9.17) is 9.47 Å². The molecule has 0 amide bonds. The van der Waals surface area contributed by atoms with E-state index in [0.29, 0.717) is 12.8 Å². The molecule has 0 spiro atoms. The third-order valence-electron chi connectivity index (χ3n) is 9.38. The zero-order chi connectivity index (χ0) is 33.8. The molecule has 0 aromatic heterocycles. The molecule has 0 saturated carbocycles. The van der Waals surface area contributed by atoms with Crippen LogP contribution in [0.25, 0.3) is 0 Å². The van der Waals surface area contributed by atoms with E-state index in [2.05, 4.69) is 32.7 Å². The van der Waals surface area contributed by atoms with Crippen LogP contribution in [-0.2, 0) is 19.1 Å². The second-order valence-corrected chi connectivity index (χ2v) is 14.2. The van der Waals surface area contributed by atoms with Crippen molar-refractivity contribution in [1.29, 1.82) is 0 Å². The first-order valence-electron chi connectivity index (χ1n) is 20.5. The molecule has 0 N–H and O–H groups in total. The van der Waals surface area contributed by atoms with E-state index >= 15 is 0 Å². The van der Waals surface area contributed by atoms with Crippen LogP contribution in [0.3, 0.4) is 0 Å². The van der Waals surface area contributed by atoms with Crippen LogP contribution in [0.2, 0.25) is 0 Å². The molecule has 0 fully saturated rings. The molecule has 5 heteroatoms. The van der Waals surface area contributed by atoms with Gasteiger partial charge in [0.15, 0.2) is 5.78 Å². The summed E-state index contributed by atoms with van der Waals surface area (Å²) in [6.45, 7) is 9.83. The second kappa shape index (κ2) is 36.9. The molecule has 0 aliphatic carbocycles. The minimum Gasteiger partial charge on any atom is -0.462 e. The van der Waals surface area contributed by atoms with Crippen LogP contribution in [0.4, 0.5) is 0 Å². The fourth-order valence-corrected chi connectivity index (χ4v) is 6.25. The highest BCUT2D eigenvalue weighted by Gasteiger charge is 2.14. The monoisotopic (exact) mass is 652 g/mol. The van der Waals surface area contributed by atoms with E-state index in [1.807, 2.05) is 0 Å². The normalized spacial score (nSPS) is 11.6. The minimum absolute atomic E-state index is 0.0230. The molecule has 0 bridgehead atoms. The molecule has 0 radical (unpaired) electrons. The number of esters is 1. The first kappa shape index (κ1) is 45.1. The van der Waals surface area contributed by atoms with Gasteiger partial charge in [0.25, 0.3) is 0 Å². The SMILES string of the molecule is CCCCCCCCCCOCC(=O)CCCN(C)CCCCCCCC(=O)OC(CCCCCCCC)CCCCCCCC. The number of hydrogen-bond donors (Lipinski definition) is 0. The van der Waals surface area contributed by atoms with Gasteiger partial charge >= 0.3 is 5.97 Å². The van der Waals surface area contributed by atoms with Gasteiger partial charge in [-0.25, -0.2) is 0 Å². The summed E-state index contributed by atoms with van der Waals surface area (Å²) in [5, 5.41) is 0. The Kier molecular flexibility index (Phi) is 36.1. The van der Waals surface area contributed by atoms with Gasteiger partial charge in [0.2, 0.25) is 0 Å². The van der Waals surface area contributed by atoms with Crippen molar-refractivity contribution in [2.24, 2.45) is 0 Å². The molecule has 274 valence electrons. The number of carbonyl (C=O) groups is 2. The lowest BCUT2D eigenvalue weighted by Gasteiger charge is -2.18. The van der Waals surface area contributed by atoms with E-state index in [0.717, 1.165) is 58.2 Å². The minimum atomic E-state index is 0.0230. The number of rotatable bonds is 38. The van der Waals surface area contributed by atoms with E-state index < -0.39 is 0 Å². The molecule has 0 heterocycles. The number of nitrogens with zero attached hydrogens (tertiary/aromatic N) is 1. The fraction of sp³-hybridized carbons (Fsp3) is 0.951. The molecule has 0 unspecified atom stereocenters. The highest BCUT2D eigenvalue weighted by molar-refractivity contribution is 5.79. The molecule has 0 rings (SSSR count). The van der Waals surface area contributed by atoms with Gasteiger partial charge in [-0.1, -0.05) is 149 Å². The summed E-state index contributed by atoms with van der Waals surface area (Å²) in [5.41, 5.74) is 0. The Morgan fingerprint density at radius 2 is 0.935 bits per heavy atom. The third kappa shape index (κ3) is 34.4. The predicted molar refractivity (Wildman–Crippen MR) is 199 cm³/mol. The van der Waals surface area contributed by atoms with Gasteiger partial charge in [-0.3, -0.25) is 9.59 Å². The summed E-state index contributed by atoms with van der Waals surface area (Å²) in [7, 11) is 2.16. The standard InChI is InChI=1S/C41H81NO4/c1-5-8-11-14-17-18-24-29-37-45-38-39(43)31-30-36-42(4)35-28-23-19-22-27-34-41(44)46-40(32-25-20-15-12-9-6-2)33-26-21-16-13-10-7-3/h40H,5-38H2,1-4H3. The van der Waals surface area contributed by atoms with E-state index in [9.17, 15) is 9.59 Å². The summed E-state index contributed by atoms with van der Waals surface area (Å²) in [5.74, 6) is 0.262. The number of ketones is 1. The Balaban J connectivity index is 3.81. The zero-order valence-electron chi connectivity index (χ0n) is 31.7. The Morgan fingerprint density at radius 1 is 0.500 bits per heavy atom. The van der Waals surface area contributed by atoms with Crippen molar-refractivity contribution < 1.29 is 19.1 Å². The van der Waals surface area contributed by atoms with Crippen molar-refractivity contribution in [2.45, 2.75) is 219 Å². The highest BCUT2D eigenvalue weighted by atomic mass is 16.5. The van der Waals surface area contributed by atoms with Crippen LogP contribution in [0.1, 0.15) is 213 Å². The van der Waals surface area contributed by atoms with Crippen molar-refractivity contribution in [3.05, 3.63) is 0 Å². The molecule has 0 atom stereocenters. The number of carbonyl (C=O) groups excluding carboxylic acids is 2. The van der Waals surface area contributed by atoms with Crippen molar-refractivity contribution in [1.82, 2.24) is 4.90 Å². The van der Waals surface area contributed by atoms with Crippen molar-refractivity contribution in [3.63, 3.8) is 0 Å². The van der Waals surface area contributed by atoms with Gasteiger partial charge in [0, 0.05) is 19.4 Å². The molecule has 0 aromatic carbocycles. The van der Waals surface area contributed by atoms with E-state index in [1.165, 1.54) is 141 Å². The van der Waals surface area contributed by atoms with Gasteiger partial charge in [0.1, 0.15) is 12.7 Å². The molecule has 5 nitrogen and oxygen atoms in total. The first-order valence-corrected chi connectivity index (χ1v) is 20.5. The average Bonchev–Trinajstić information content (AvgIpc) is 3.04. The van der Waals surface area contributed by atoms with Crippen LogP contribution in [-0.4, -0.2) is 56.1 Å². The number of Topliss-reactive ketones (excluding diaryl/α,β-unsaturated/α-hetero) is 1. The molecule has 0 saturated heterocycles. The van der Waals surface area contributed by atoms with Gasteiger partial charge in [-0.2, -0.15) is 0 Å². The second-order valence-electron chi connectivity index (χ2n) is 14.2. The van der Waals surface area contributed by atoms with Crippen LogP contribution in [0.15, 0.2) is 0 Å². The molecule has 0 aliphatic rings. The lowest BCUT2D eigenvalue weighted by Crippen LogP contribution is -2.22. The number of unbranched alkanes of at least 4 members (excludes halogenated alkanes) is 21. The molecule has 0 aliphatic heterocycles. The van der Waals surface area contributed by atoms with Gasteiger partial charge in [-0.15, -0.1) is 0 Å². The summed E-state index contributed by atoms with van der Waals surface area (Å²) in [4.78, 5) is 27.1. The maximum absolute atomic E-state index is 12.6. The highest BCUT2D eigenvalue weighted by Crippen LogP contribution is 2.18. The summed E-state index contributed by atoms with van der Waals surface area (Å²) >= 11 is 0. The average molecular weight is 652 g/mol. The largest absolute Gasteiger partial charge is 0.462 e. The Morgan fingerprint density at radius 3 is 1.48 bits per heavy atom. The molecule has 0 aromatic rings. The predicted octanol–water partition coefficient (Wildman–Crippen LogP) is 12.2.